The fourth-order valence-electron chi connectivity index (χ4n) is 14.0. The molecule has 0 amide bonds. The Kier molecular flexibility index (Phi) is 11.7. The van der Waals surface area contributed by atoms with Gasteiger partial charge in [-0.2, -0.15) is 0 Å². The Bertz CT molecular complexity index is 4590. The number of hydrogen-bond acceptors (Lipinski definition) is 2. The van der Waals surface area contributed by atoms with E-state index < -0.39 is 8.07 Å². The monoisotopic (exact) mass is 1070 g/mol. The van der Waals surface area contributed by atoms with Crippen LogP contribution in [0.15, 0.2) is 328 Å². The summed E-state index contributed by atoms with van der Waals surface area (Å²) in [7, 11) is -3.04. The lowest BCUT2D eigenvalue weighted by atomic mass is 9.33. The number of nitrogens with zero attached hydrogens (tertiary/aromatic N) is 3. The molecule has 388 valence electrons. The fraction of sp³-hybridized carbons (Fsp3) is 0. The molecular formula is C78H54BN3Si. The fourth-order valence-corrected chi connectivity index (χ4v) is 18.8. The third-order valence-corrected chi connectivity index (χ3v) is 22.3. The van der Waals surface area contributed by atoms with Gasteiger partial charge in [0.1, 0.15) is 0 Å². The molecule has 0 N–H and O–H groups in total. The number of rotatable bonds is 10. The maximum absolute atomic E-state index is 3.04. The van der Waals surface area contributed by atoms with Crippen molar-refractivity contribution < 1.29 is 0 Å². The summed E-state index contributed by atoms with van der Waals surface area (Å²) in [4.78, 5) is 5.22. The van der Waals surface area contributed by atoms with Gasteiger partial charge in [0, 0.05) is 50.3 Å². The van der Waals surface area contributed by atoms with Gasteiger partial charge in [-0.25, -0.2) is 0 Å². The van der Waals surface area contributed by atoms with Crippen molar-refractivity contribution >= 4 is 108 Å². The molecule has 83 heavy (non-hydrogen) atoms. The number of hydrogen-bond donors (Lipinski definition) is 0. The third kappa shape index (κ3) is 7.73. The molecule has 0 bridgehead atoms. The number of fused-ring (bicyclic) bond motifs is 7. The SMILES string of the molecule is c1ccc(-c2cc3c4c(c2)N(c2ccccc2-c2ccccc2)c2cc(-n5c6ccccc6c6ccccc65)ccc2B4c2cc([Si](c4ccccc4)(c4ccccc4)c4ccccc4)ccc2N3c2ccccc2-c2ccccc2)cc1. The zero-order valence-electron chi connectivity index (χ0n) is 45.6. The predicted octanol–water partition coefficient (Wildman–Crippen LogP) is 15.2. The van der Waals surface area contributed by atoms with Gasteiger partial charge < -0.3 is 14.4 Å². The van der Waals surface area contributed by atoms with Crippen LogP contribution in [0.5, 0.6) is 0 Å². The topological polar surface area (TPSA) is 11.4 Å². The van der Waals surface area contributed by atoms with Crippen molar-refractivity contribution in [2.75, 3.05) is 9.80 Å². The van der Waals surface area contributed by atoms with Crippen LogP contribution < -0.4 is 46.9 Å². The molecule has 3 heterocycles. The molecule has 0 saturated heterocycles. The minimum absolute atomic E-state index is 0.184. The molecule has 2 aliphatic heterocycles. The second-order valence-corrected chi connectivity index (χ2v) is 25.7. The molecule has 14 aromatic rings. The smallest absolute Gasteiger partial charge is 0.252 e. The zero-order chi connectivity index (χ0) is 54.8. The van der Waals surface area contributed by atoms with E-state index >= 15 is 0 Å². The number of benzene rings is 13. The molecule has 13 aromatic carbocycles. The molecule has 0 fully saturated rings. The van der Waals surface area contributed by atoms with Gasteiger partial charge in [0.15, 0.2) is 8.07 Å². The Morgan fingerprint density at radius 2 is 0.675 bits per heavy atom. The first-order valence-corrected chi connectivity index (χ1v) is 30.8. The van der Waals surface area contributed by atoms with Crippen LogP contribution in [-0.4, -0.2) is 19.4 Å². The maximum Gasteiger partial charge on any atom is 0.252 e. The Balaban J connectivity index is 1.06. The average Bonchev–Trinajstić information content (AvgIpc) is 1.58. The van der Waals surface area contributed by atoms with Crippen molar-refractivity contribution in [2.24, 2.45) is 0 Å². The highest BCUT2D eigenvalue weighted by molar-refractivity contribution is 7.20. The summed E-state index contributed by atoms with van der Waals surface area (Å²) in [5, 5.41) is 7.84. The second-order valence-electron chi connectivity index (χ2n) is 21.9. The molecule has 16 rings (SSSR count). The molecule has 0 aliphatic carbocycles. The highest BCUT2D eigenvalue weighted by Crippen LogP contribution is 2.50. The van der Waals surface area contributed by atoms with E-state index in [1.54, 1.807) is 0 Å². The summed E-state index contributed by atoms with van der Waals surface area (Å²) in [5.74, 6) is 0. The molecule has 0 spiro atoms. The zero-order valence-corrected chi connectivity index (χ0v) is 46.6. The van der Waals surface area contributed by atoms with Gasteiger partial charge in [-0.3, -0.25) is 0 Å². The van der Waals surface area contributed by atoms with Gasteiger partial charge in [0.25, 0.3) is 6.71 Å². The summed E-state index contributed by atoms with van der Waals surface area (Å²) in [6, 6.07) is 123. The molecule has 0 atom stereocenters. The first-order chi connectivity index (χ1) is 41.2. The lowest BCUT2D eigenvalue weighted by molar-refractivity contribution is 1.17. The van der Waals surface area contributed by atoms with Gasteiger partial charge in [-0.15, -0.1) is 0 Å². The summed E-state index contributed by atoms with van der Waals surface area (Å²) in [6.07, 6.45) is 0. The van der Waals surface area contributed by atoms with Crippen molar-refractivity contribution in [1.29, 1.82) is 0 Å². The van der Waals surface area contributed by atoms with Gasteiger partial charge in [0.05, 0.1) is 22.4 Å². The van der Waals surface area contributed by atoms with E-state index in [2.05, 4.69) is 342 Å². The van der Waals surface area contributed by atoms with Gasteiger partial charge in [-0.1, -0.05) is 273 Å². The molecule has 0 unspecified atom stereocenters. The minimum atomic E-state index is -3.04. The molecule has 5 heteroatoms. The van der Waals surface area contributed by atoms with Crippen LogP contribution >= 0.6 is 0 Å². The Labute approximate surface area is 486 Å². The van der Waals surface area contributed by atoms with E-state index in [-0.39, 0.29) is 6.71 Å². The van der Waals surface area contributed by atoms with Crippen LogP contribution in [-0.2, 0) is 0 Å². The van der Waals surface area contributed by atoms with E-state index in [0.29, 0.717) is 0 Å². The summed E-state index contributed by atoms with van der Waals surface area (Å²) >= 11 is 0. The number of para-hydroxylation sites is 4. The van der Waals surface area contributed by atoms with Crippen LogP contribution in [0.4, 0.5) is 34.1 Å². The molecule has 1 aromatic heterocycles. The van der Waals surface area contributed by atoms with Crippen molar-refractivity contribution in [3.63, 3.8) is 0 Å². The largest absolute Gasteiger partial charge is 0.311 e. The van der Waals surface area contributed by atoms with E-state index in [0.717, 1.165) is 56.4 Å². The van der Waals surface area contributed by atoms with E-state index in [1.807, 2.05) is 0 Å². The van der Waals surface area contributed by atoms with E-state index in [4.69, 9.17) is 0 Å². The molecule has 3 nitrogen and oxygen atoms in total. The average molecular weight is 1070 g/mol. The number of anilines is 6. The summed E-state index contributed by atoms with van der Waals surface area (Å²) < 4.78 is 2.47. The highest BCUT2D eigenvalue weighted by atomic mass is 28.3. The summed E-state index contributed by atoms with van der Waals surface area (Å²) in [6.45, 7) is -0.184. The third-order valence-electron chi connectivity index (χ3n) is 17.5. The van der Waals surface area contributed by atoms with Crippen molar-refractivity contribution in [3.05, 3.63) is 328 Å². The number of aromatic nitrogens is 1. The lowest BCUT2D eigenvalue weighted by Crippen LogP contribution is -2.75. The quantitative estimate of drug-likeness (QED) is 0.0999. The summed E-state index contributed by atoms with van der Waals surface area (Å²) in [5.41, 5.74) is 21.1. The Hall–Kier alpha value is -10.5. The first kappa shape index (κ1) is 48.4. The normalized spacial score (nSPS) is 12.5. The van der Waals surface area contributed by atoms with Crippen LogP contribution in [0, 0.1) is 0 Å². The predicted molar refractivity (Wildman–Crippen MR) is 355 cm³/mol. The molecule has 0 saturated carbocycles. The lowest BCUT2D eigenvalue weighted by Gasteiger charge is -2.46. The van der Waals surface area contributed by atoms with Crippen LogP contribution in [0.25, 0.3) is 60.9 Å². The Morgan fingerprint density at radius 1 is 0.253 bits per heavy atom. The van der Waals surface area contributed by atoms with E-state index in [9.17, 15) is 0 Å². The van der Waals surface area contributed by atoms with Crippen LogP contribution in [0.3, 0.4) is 0 Å². The Morgan fingerprint density at radius 3 is 1.18 bits per heavy atom. The highest BCUT2D eigenvalue weighted by Gasteiger charge is 2.47. The van der Waals surface area contributed by atoms with Gasteiger partial charge in [-0.05, 0) is 114 Å². The van der Waals surface area contributed by atoms with Crippen molar-refractivity contribution in [3.8, 4) is 39.1 Å². The molecule has 0 radical (unpaired) electrons. The molecule has 2 aliphatic rings. The van der Waals surface area contributed by atoms with Crippen LogP contribution in [0.2, 0.25) is 0 Å². The van der Waals surface area contributed by atoms with Crippen molar-refractivity contribution in [2.45, 2.75) is 0 Å². The standard InChI is InChI=1S/C78H54BN3Si/c1-7-27-55(28-8-1)58-51-76-78-77(52-58)82(71-44-24-20-40-65(71)57-31-11-3-12-32-57)75-53-59(80-72-45-25-21-41-66(72)67-42-22-26-46-73(67)80)47-49-68(75)79(78)69-54-63(48-50-74(69)81(76)70-43-23-19-39-64(70)56-29-9-2-10-30-56)83(60-33-13-4-14-34-60,61-35-15-5-16-36-61)62-37-17-6-18-38-62/h1-54H. The second kappa shape index (κ2) is 20.0. The van der Waals surface area contributed by atoms with Gasteiger partial charge >= 0.3 is 0 Å². The van der Waals surface area contributed by atoms with Crippen LogP contribution in [0.1, 0.15) is 0 Å². The van der Waals surface area contributed by atoms with Crippen molar-refractivity contribution in [1.82, 2.24) is 4.57 Å². The minimum Gasteiger partial charge on any atom is -0.311 e. The first-order valence-electron chi connectivity index (χ1n) is 28.8. The van der Waals surface area contributed by atoms with Gasteiger partial charge in [0.2, 0.25) is 0 Å². The molecular weight excluding hydrogens is 1020 g/mol. The maximum atomic E-state index is 2.65. The van der Waals surface area contributed by atoms with E-state index in [1.165, 1.54) is 75.8 Å².